The van der Waals surface area contributed by atoms with Crippen LogP contribution in [0.25, 0.3) is 5.57 Å². The fraction of sp³-hybridized carbons (Fsp3) is 0.529. The van der Waals surface area contributed by atoms with Crippen molar-refractivity contribution in [2.45, 2.75) is 41.0 Å². The third-order valence-electron chi connectivity index (χ3n) is 3.35. The smallest absolute Gasteiger partial charge is 0.00139 e. The van der Waals surface area contributed by atoms with Gasteiger partial charge in [-0.05, 0) is 68.5 Å². The van der Waals surface area contributed by atoms with Crippen LogP contribution in [0, 0.1) is 19.8 Å². The summed E-state index contributed by atoms with van der Waals surface area (Å²) in [5.74, 6) is 0.731. The van der Waals surface area contributed by atoms with Crippen LogP contribution >= 0.6 is 0 Å². The van der Waals surface area contributed by atoms with Crippen molar-refractivity contribution in [2.75, 3.05) is 13.1 Å². The molecule has 0 atom stereocenters. The normalized spacial score (nSPS) is 12.2. The van der Waals surface area contributed by atoms with Crippen LogP contribution < -0.4 is 5.32 Å². The van der Waals surface area contributed by atoms with Crippen molar-refractivity contribution in [1.29, 1.82) is 0 Å². The number of nitrogens with one attached hydrogen (secondary N) is 1. The monoisotopic (exact) mass is 245 g/mol. The molecule has 0 amide bonds. The molecule has 0 saturated carbocycles. The Morgan fingerprint density at radius 1 is 1.28 bits per heavy atom. The minimum absolute atomic E-state index is 0.731. The van der Waals surface area contributed by atoms with Gasteiger partial charge in [0.15, 0.2) is 0 Å². The number of rotatable bonds is 6. The first-order chi connectivity index (χ1) is 8.52. The van der Waals surface area contributed by atoms with E-state index in [4.69, 9.17) is 0 Å². The van der Waals surface area contributed by atoms with E-state index in [9.17, 15) is 0 Å². The van der Waals surface area contributed by atoms with Crippen molar-refractivity contribution < 1.29 is 0 Å². The maximum atomic E-state index is 3.47. The molecule has 0 bridgehead atoms. The van der Waals surface area contributed by atoms with Gasteiger partial charge in [0.1, 0.15) is 0 Å². The van der Waals surface area contributed by atoms with Crippen molar-refractivity contribution in [1.82, 2.24) is 5.32 Å². The minimum atomic E-state index is 0.731. The summed E-state index contributed by atoms with van der Waals surface area (Å²) in [6, 6.07) is 6.54. The molecule has 0 heterocycles. The molecule has 18 heavy (non-hydrogen) atoms. The SMILES string of the molecule is CC(=CCCNCC(C)C)c1cccc(C)c1C. The van der Waals surface area contributed by atoms with E-state index < -0.39 is 0 Å². The highest BCUT2D eigenvalue weighted by Crippen LogP contribution is 2.21. The number of allylic oxidation sites excluding steroid dienone is 1. The standard InChI is InChI=1S/C17H27N/c1-13(2)12-18-11-7-9-15(4)17-10-6-8-14(3)16(17)5/h6,8-10,13,18H,7,11-12H2,1-5H3. The predicted molar refractivity (Wildman–Crippen MR) is 81.9 cm³/mol. The Hall–Kier alpha value is -1.08. The van der Waals surface area contributed by atoms with Crippen LogP contribution in [0.5, 0.6) is 0 Å². The maximum Gasteiger partial charge on any atom is -0.00139 e. The van der Waals surface area contributed by atoms with Gasteiger partial charge in [-0.25, -0.2) is 0 Å². The van der Waals surface area contributed by atoms with Gasteiger partial charge in [0, 0.05) is 0 Å². The summed E-state index contributed by atoms with van der Waals surface area (Å²) < 4.78 is 0. The molecule has 0 radical (unpaired) electrons. The van der Waals surface area contributed by atoms with Crippen molar-refractivity contribution in [3.63, 3.8) is 0 Å². The van der Waals surface area contributed by atoms with Crippen LogP contribution in [0.2, 0.25) is 0 Å². The Bertz CT molecular complexity index is 402. The molecule has 1 rings (SSSR count). The number of hydrogen-bond donors (Lipinski definition) is 1. The Morgan fingerprint density at radius 3 is 2.67 bits per heavy atom. The van der Waals surface area contributed by atoms with Crippen LogP contribution in [-0.4, -0.2) is 13.1 Å². The van der Waals surface area contributed by atoms with Gasteiger partial charge in [-0.1, -0.05) is 38.1 Å². The van der Waals surface area contributed by atoms with Gasteiger partial charge in [0.05, 0.1) is 0 Å². The lowest BCUT2D eigenvalue weighted by Crippen LogP contribution is -2.20. The minimum Gasteiger partial charge on any atom is -0.316 e. The third-order valence-corrected chi connectivity index (χ3v) is 3.35. The van der Waals surface area contributed by atoms with E-state index in [1.54, 1.807) is 0 Å². The first-order valence-electron chi connectivity index (χ1n) is 6.96. The molecular weight excluding hydrogens is 218 g/mol. The summed E-state index contributed by atoms with van der Waals surface area (Å²) in [5.41, 5.74) is 5.56. The first kappa shape index (κ1) is 15.0. The topological polar surface area (TPSA) is 12.0 Å². The fourth-order valence-electron chi connectivity index (χ4n) is 2.07. The summed E-state index contributed by atoms with van der Waals surface area (Å²) in [6.45, 7) is 13.3. The lowest BCUT2D eigenvalue weighted by atomic mass is 9.97. The van der Waals surface area contributed by atoms with Gasteiger partial charge >= 0.3 is 0 Å². The third kappa shape index (κ3) is 4.66. The molecule has 0 spiro atoms. The zero-order chi connectivity index (χ0) is 13.5. The van der Waals surface area contributed by atoms with Crippen molar-refractivity contribution in [3.05, 3.63) is 41.0 Å². The Kier molecular flexibility index (Phi) is 6.14. The van der Waals surface area contributed by atoms with E-state index in [2.05, 4.69) is 64.2 Å². The van der Waals surface area contributed by atoms with Gasteiger partial charge < -0.3 is 5.32 Å². The molecule has 1 N–H and O–H groups in total. The maximum absolute atomic E-state index is 3.47. The summed E-state index contributed by atoms with van der Waals surface area (Å²) in [5, 5.41) is 3.47. The fourth-order valence-corrected chi connectivity index (χ4v) is 2.07. The van der Waals surface area contributed by atoms with Crippen molar-refractivity contribution in [2.24, 2.45) is 5.92 Å². The second kappa shape index (κ2) is 7.38. The zero-order valence-electron chi connectivity index (χ0n) is 12.5. The highest BCUT2D eigenvalue weighted by atomic mass is 14.8. The van der Waals surface area contributed by atoms with Crippen LogP contribution in [0.4, 0.5) is 0 Å². The highest BCUT2D eigenvalue weighted by Gasteiger charge is 2.01. The second-order valence-corrected chi connectivity index (χ2v) is 5.52. The quantitative estimate of drug-likeness (QED) is 0.735. The van der Waals surface area contributed by atoms with Gasteiger partial charge in [-0.15, -0.1) is 0 Å². The molecule has 1 aromatic carbocycles. The lowest BCUT2D eigenvalue weighted by Gasteiger charge is -2.10. The number of aryl methyl sites for hydroxylation is 1. The molecule has 1 heteroatoms. The zero-order valence-corrected chi connectivity index (χ0v) is 12.5. The molecule has 0 fully saturated rings. The van der Waals surface area contributed by atoms with Crippen LogP contribution in [0.15, 0.2) is 24.3 Å². The summed E-state index contributed by atoms with van der Waals surface area (Å²) in [7, 11) is 0. The lowest BCUT2D eigenvalue weighted by molar-refractivity contribution is 0.557. The summed E-state index contributed by atoms with van der Waals surface area (Å²) in [6.07, 6.45) is 3.45. The van der Waals surface area contributed by atoms with E-state index in [0.29, 0.717) is 0 Å². The van der Waals surface area contributed by atoms with E-state index in [-0.39, 0.29) is 0 Å². The van der Waals surface area contributed by atoms with Crippen LogP contribution in [-0.2, 0) is 0 Å². The Labute approximate surface area is 112 Å². The largest absolute Gasteiger partial charge is 0.316 e. The summed E-state index contributed by atoms with van der Waals surface area (Å²) >= 11 is 0. The van der Waals surface area contributed by atoms with Crippen LogP contribution in [0.3, 0.4) is 0 Å². The van der Waals surface area contributed by atoms with E-state index in [1.165, 1.54) is 22.3 Å². The number of hydrogen-bond acceptors (Lipinski definition) is 1. The van der Waals surface area contributed by atoms with E-state index >= 15 is 0 Å². The number of benzene rings is 1. The molecule has 0 aliphatic heterocycles. The Balaban J connectivity index is 2.53. The molecular formula is C17H27N. The molecule has 0 aliphatic rings. The molecule has 0 unspecified atom stereocenters. The predicted octanol–water partition coefficient (Wildman–Crippen LogP) is 4.34. The first-order valence-corrected chi connectivity index (χ1v) is 6.96. The highest BCUT2D eigenvalue weighted by molar-refractivity contribution is 5.67. The van der Waals surface area contributed by atoms with E-state index in [1.807, 2.05) is 0 Å². The average molecular weight is 245 g/mol. The summed E-state index contributed by atoms with van der Waals surface area (Å²) in [4.78, 5) is 0. The van der Waals surface area contributed by atoms with Crippen molar-refractivity contribution in [3.8, 4) is 0 Å². The molecule has 100 valence electrons. The van der Waals surface area contributed by atoms with Gasteiger partial charge in [-0.2, -0.15) is 0 Å². The van der Waals surface area contributed by atoms with Gasteiger partial charge in [-0.3, -0.25) is 0 Å². The van der Waals surface area contributed by atoms with Crippen LogP contribution in [0.1, 0.15) is 43.9 Å². The van der Waals surface area contributed by atoms with Gasteiger partial charge in [0.2, 0.25) is 0 Å². The molecule has 0 saturated heterocycles. The molecule has 1 nitrogen and oxygen atoms in total. The Morgan fingerprint density at radius 2 is 2.00 bits per heavy atom. The second-order valence-electron chi connectivity index (χ2n) is 5.52. The van der Waals surface area contributed by atoms with Crippen molar-refractivity contribution >= 4 is 5.57 Å². The molecule has 0 aliphatic carbocycles. The van der Waals surface area contributed by atoms with E-state index in [0.717, 1.165) is 25.4 Å². The van der Waals surface area contributed by atoms with Gasteiger partial charge in [0.25, 0.3) is 0 Å². The molecule has 0 aromatic heterocycles. The average Bonchev–Trinajstić information content (AvgIpc) is 2.31. The molecule has 1 aromatic rings.